The van der Waals surface area contributed by atoms with Gasteiger partial charge in [0.25, 0.3) is 0 Å². The summed E-state index contributed by atoms with van der Waals surface area (Å²) >= 11 is 0. The van der Waals surface area contributed by atoms with E-state index >= 15 is 0 Å². The quantitative estimate of drug-likeness (QED) is 0.601. The van der Waals surface area contributed by atoms with Gasteiger partial charge in [-0.2, -0.15) is 5.21 Å². The van der Waals surface area contributed by atoms with Crippen LogP contribution in [0.25, 0.3) is 11.4 Å². The lowest BCUT2D eigenvalue weighted by Crippen LogP contribution is -2.51. The molecule has 0 spiro atoms. The van der Waals surface area contributed by atoms with Crippen molar-refractivity contribution < 1.29 is 12.6 Å². The van der Waals surface area contributed by atoms with Gasteiger partial charge in [0.05, 0.1) is 20.6 Å². The van der Waals surface area contributed by atoms with Crippen LogP contribution in [0.1, 0.15) is 19.3 Å². The Morgan fingerprint density at radius 1 is 1.19 bits per heavy atom. The Bertz CT molecular complexity index is 952. The summed E-state index contributed by atoms with van der Waals surface area (Å²) in [4.78, 5) is 2.16. The number of nitrogens with zero attached hydrogens (tertiary/aromatic N) is 4. The van der Waals surface area contributed by atoms with Crippen LogP contribution in [0.4, 0.5) is 5.69 Å². The van der Waals surface area contributed by atoms with Gasteiger partial charge in [-0.25, -0.2) is 17.8 Å². The van der Waals surface area contributed by atoms with E-state index in [-0.39, 0.29) is 15.6 Å². The number of nitrogens with one attached hydrogen (secondary N) is 2. The van der Waals surface area contributed by atoms with Crippen LogP contribution in [0.3, 0.4) is 0 Å². The maximum atomic E-state index is 13.0. The summed E-state index contributed by atoms with van der Waals surface area (Å²) in [6.45, 7) is 2.37. The number of H-pyrrole nitrogens is 1. The lowest BCUT2D eigenvalue weighted by atomic mass is 10.1. The second kappa shape index (κ2) is 7.26. The fraction of sp³-hybridized carbons (Fsp3) is 0.533. The van der Waals surface area contributed by atoms with E-state index in [9.17, 15) is 12.6 Å². The van der Waals surface area contributed by atoms with Crippen LogP contribution in [-0.4, -0.2) is 64.7 Å². The highest BCUT2D eigenvalue weighted by atomic mass is 32.2. The molecule has 2 aromatic rings. The number of benzene rings is 1. The minimum atomic E-state index is -3.68. The van der Waals surface area contributed by atoms with Crippen molar-refractivity contribution in [2.75, 3.05) is 31.1 Å². The molecule has 1 unspecified atom stereocenters. The number of hydrogen-bond donors (Lipinski definition) is 3. The fourth-order valence-electron chi connectivity index (χ4n) is 3.52. The number of hydrogen-bond acceptors (Lipinski definition) is 8. The van der Waals surface area contributed by atoms with Crippen molar-refractivity contribution in [2.45, 2.75) is 34.3 Å². The number of anilines is 1. The molecule has 12 heteroatoms. The summed E-state index contributed by atoms with van der Waals surface area (Å²) in [6.07, 6.45) is 3.20. The van der Waals surface area contributed by atoms with Gasteiger partial charge in [-0.1, -0.05) is 0 Å². The van der Waals surface area contributed by atoms with Gasteiger partial charge in [-0.3, -0.25) is 0 Å². The Labute approximate surface area is 159 Å². The van der Waals surface area contributed by atoms with Gasteiger partial charge >= 0.3 is 0 Å². The maximum Gasteiger partial charge on any atom is 0.208 e. The fourth-order valence-corrected chi connectivity index (χ4v) is 6.43. The molecule has 146 valence electrons. The van der Waals surface area contributed by atoms with Gasteiger partial charge in [0.1, 0.15) is 11.0 Å². The molecule has 4 N–H and O–H groups in total. The van der Waals surface area contributed by atoms with Crippen LogP contribution in [-0.2, 0) is 20.8 Å². The standard InChI is InChI=1S/C15H21N7O3S2/c16-26(23)14-12(27(24,25)10-8-17-9-10)5-4-11(22-6-2-1-3-7-22)13(14)15-18-20-21-19-15/h4-5,10,17H,1-3,6-9,16H2,(H,18,19,20,21). The molecule has 0 aliphatic carbocycles. The van der Waals surface area contributed by atoms with Gasteiger partial charge < -0.3 is 10.2 Å². The largest absolute Gasteiger partial charge is 0.371 e. The summed E-state index contributed by atoms with van der Waals surface area (Å²) in [6, 6.07) is 3.26. The molecule has 2 aliphatic rings. The normalized spacial score (nSPS) is 19.7. The molecule has 0 saturated carbocycles. The lowest BCUT2D eigenvalue weighted by Gasteiger charge is -2.32. The van der Waals surface area contributed by atoms with Crippen molar-refractivity contribution in [2.24, 2.45) is 5.14 Å². The Morgan fingerprint density at radius 3 is 2.48 bits per heavy atom. The topological polar surface area (TPSA) is 147 Å². The average molecular weight is 412 g/mol. The molecule has 2 saturated heterocycles. The van der Waals surface area contributed by atoms with E-state index in [1.807, 2.05) is 0 Å². The van der Waals surface area contributed by atoms with Gasteiger partial charge in [0, 0.05) is 31.9 Å². The molecule has 0 radical (unpaired) electrons. The third-order valence-electron chi connectivity index (χ3n) is 5.06. The summed E-state index contributed by atoms with van der Waals surface area (Å²) in [5.74, 6) is 0.188. The molecule has 10 nitrogen and oxygen atoms in total. The molecular formula is C15H21N7O3S2. The van der Waals surface area contributed by atoms with Gasteiger partial charge in [0.15, 0.2) is 9.84 Å². The zero-order chi connectivity index (χ0) is 19.0. The first-order chi connectivity index (χ1) is 13.0. The molecule has 1 atom stereocenters. The number of nitrogens with two attached hydrogens (primary N) is 1. The molecule has 2 aliphatic heterocycles. The van der Waals surface area contributed by atoms with E-state index in [4.69, 9.17) is 5.14 Å². The van der Waals surface area contributed by atoms with Crippen molar-refractivity contribution >= 4 is 26.5 Å². The number of aromatic nitrogens is 4. The minimum absolute atomic E-state index is 0.0182. The van der Waals surface area contributed by atoms with Crippen LogP contribution >= 0.6 is 0 Å². The molecule has 0 bridgehead atoms. The van der Waals surface area contributed by atoms with Crippen molar-refractivity contribution in [3.05, 3.63) is 12.1 Å². The van der Waals surface area contributed by atoms with E-state index in [0.29, 0.717) is 18.7 Å². The van der Waals surface area contributed by atoms with Gasteiger partial charge in [-0.15, -0.1) is 10.2 Å². The number of sulfone groups is 1. The summed E-state index contributed by atoms with van der Waals surface area (Å²) in [5, 5.41) is 22.2. The maximum absolute atomic E-state index is 13.0. The van der Waals surface area contributed by atoms with Crippen LogP contribution in [0.2, 0.25) is 0 Å². The third kappa shape index (κ3) is 3.26. The van der Waals surface area contributed by atoms with Gasteiger partial charge in [-0.05, 0) is 36.6 Å². The van der Waals surface area contributed by atoms with Crippen LogP contribution in [0, 0.1) is 0 Å². The third-order valence-corrected chi connectivity index (χ3v) is 8.18. The highest BCUT2D eigenvalue weighted by Crippen LogP contribution is 2.39. The second-order valence-corrected chi connectivity index (χ2v) is 9.89. The molecule has 1 aromatic carbocycles. The van der Waals surface area contributed by atoms with Crippen LogP contribution < -0.4 is 15.4 Å². The molecular weight excluding hydrogens is 390 g/mol. The molecule has 4 rings (SSSR count). The first-order valence-corrected chi connectivity index (χ1v) is 11.5. The summed E-state index contributed by atoms with van der Waals surface area (Å²) < 4.78 is 38.6. The predicted molar refractivity (Wildman–Crippen MR) is 100 cm³/mol. The molecule has 3 heterocycles. The SMILES string of the molecule is NS(=O)c1c(S(=O)(=O)C2CNC2)ccc(N2CCCCC2)c1-c1nn[nH]n1. The summed E-state index contributed by atoms with van der Waals surface area (Å²) in [5.41, 5.74) is 1.11. The van der Waals surface area contributed by atoms with E-state index < -0.39 is 26.1 Å². The summed E-state index contributed by atoms with van der Waals surface area (Å²) in [7, 11) is -5.72. The molecule has 2 fully saturated rings. The number of aromatic amines is 1. The van der Waals surface area contributed by atoms with E-state index in [0.717, 1.165) is 38.0 Å². The van der Waals surface area contributed by atoms with E-state index in [1.54, 1.807) is 6.07 Å². The number of piperidine rings is 1. The lowest BCUT2D eigenvalue weighted by molar-refractivity contribution is 0.494. The predicted octanol–water partition coefficient (Wildman–Crippen LogP) is -0.416. The van der Waals surface area contributed by atoms with E-state index in [1.165, 1.54) is 6.07 Å². The first-order valence-electron chi connectivity index (χ1n) is 8.76. The molecule has 0 amide bonds. The second-order valence-electron chi connectivity index (χ2n) is 6.69. The zero-order valence-corrected chi connectivity index (χ0v) is 16.2. The number of rotatable bonds is 5. The zero-order valence-electron chi connectivity index (χ0n) is 14.6. The molecule has 27 heavy (non-hydrogen) atoms. The first kappa shape index (κ1) is 18.5. The smallest absolute Gasteiger partial charge is 0.208 e. The van der Waals surface area contributed by atoms with Crippen LogP contribution in [0.5, 0.6) is 0 Å². The van der Waals surface area contributed by atoms with Crippen molar-refractivity contribution in [3.63, 3.8) is 0 Å². The van der Waals surface area contributed by atoms with Crippen molar-refractivity contribution in [1.82, 2.24) is 25.9 Å². The Hall–Kier alpha value is -1.89. The Balaban J connectivity index is 1.95. The highest BCUT2D eigenvalue weighted by molar-refractivity contribution is 7.93. The Morgan fingerprint density at radius 2 is 1.93 bits per heavy atom. The minimum Gasteiger partial charge on any atom is -0.371 e. The average Bonchev–Trinajstić information content (AvgIpc) is 3.13. The van der Waals surface area contributed by atoms with Crippen LogP contribution in [0.15, 0.2) is 21.9 Å². The highest BCUT2D eigenvalue weighted by Gasteiger charge is 2.37. The van der Waals surface area contributed by atoms with Crippen molar-refractivity contribution in [1.29, 1.82) is 0 Å². The molecule has 1 aromatic heterocycles. The Kier molecular flexibility index (Phi) is 4.97. The monoisotopic (exact) mass is 411 g/mol. The van der Waals surface area contributed by atoms with E-state index in [2.05, 4.69) is 30.8 Å². The number of tetrazole rings is 1. The van der Waals surface area contributed by atoms with Crippen molar-refractivity contribution in [3.8, 4) is 11.4 Å². The van der Waals surface area contributed by atoms with Gasteiger partial charge in [0.2, 0.25) is 5.82 Å².